The number of likely N-dealkylation sites (tertiary alicyclic amines) is 1. The number of amides is 1. The normalized spacial score (nSPS) is 21.2. The summed E-state index contributed by atoms with van der Waals surface area (Å²) in [6.45, 7) is 2.97. The van der Waals surface area contributed by atoms with Crippen LogP contribution >= 0.6 is 0 Å². The zero-order valence-electron chi connectivity index (χ0n) is 21.1. The molecule has 0 spiro atoms. The van der Waals surface area contributed by atoms with Crippen LogP contribution in [0.15, 0.2) is 79.0 Å². The SMILES string of the molecule is O=C(N[C@@H]1CC[C@@H]2CN(Cc3ccccc3)C[C@@H]21)c1ccc2cc(Oc3ccc(C(F)(F)F)cn3)ccc2n1. The van der Waals surface area contributed by atoms with Crippen molar-refractivity contribution in [3.8, 4) is 11.6 Å². The number of rotatable bonds is 6. The molecule has 4 aromatic rings. The van der Waals surface area contributed by atoms with Crippen molar-refractivity contribution in [2.75, 3.05) is 13.1 Å². The van der Waals surface area contributed by atoms with Crippen molar-refractivity contribution in [1.29, 1.82) is 0 Å². The predicted octanol–water partition coefficient (Wildman–Crippen LogP) is 6.08. The molecule has 2 aromatic heterocycles. The third-order valence-corrected chi connectivity index (χ3v) is 7.68. The molecule has 39 heavy (non-hydrogen) atoms. The van der Waals surface area contributed by atoms with Crippen LogP contribution in [-0.4, -0.2) is 39.9 Å². The molecule has 2 fully saturated rings. The summed E-state index contributed by atoms with van der Waals surface area (Å²) in [6.07, 6.45) is -1.62. The van der Waals surface area contributed by atoms with Crippen molar-refractivity contribution in [3.63, 3.8) is 0 Å². The maximum absolute atomic E-state index is 13.1. The zero-order chi connectivity index (χ0) is 27.0. The minimum Gasteiger partial charge on any atom is -0.439 e. The van der Waals surface area contributed by atoms with Crippen LogP contribution in [0.1, 0.15) is 34.5 Å². The molecule has 2 aromatic carbocycles. The van der Waals surface area contributed by atoms with E-state index in [4.69, 9.17) is 4.74 Å². The van der Waals surface area contributed by atoms with E-state index in [2.05, 4.69) is 44.5 Å². The zero-order valence-corrected chi connectivity index (χ0v) is 21.1. The number of fused-ring (bicyclic) bond motifs is 2. The van der Waals surface area contributed by atoms with Crippen LogP contribution in [-0.2, 0) is 12.7 Å². The van der Waals surface area contributed by atoms with E-state index >= 15 is 0 Å². The number of halogens is 3. The molecular formula is C30H27F3N4O2. The van der Waals surface area contributed by atoms with Crippen LogP contribution in [0.4, 0.5) is 13.2 Å². The van der Waals surface area contributed by atoms with Crippen LogP contribution in [0.25, 0.3) is 10.9 Å². The number of hydrogen-bond donors (Lipinski definition) is 1. The van der Waals surface area contributed by atoms with Crippen LogP contribution in [0.3, 0.4) is 0 Å². The Morgan fingerprint density at radius 2 is 1.85 bits per heavy atom. The summed E-state index contributed by atoms with van der Waals surface area (Å²) in [4.78, 5) is 23.9. The quantitative estimate of drug-likeness (QED) is 0.326. The van der Waals surface area contributed by atoms with Gasteiger partial charge >= 0.3 is 6.18 Å². The summed E-state index contributed by atoms with van der Waals surface area (Å²) in [7, 11) is 0. The molecular weight excluding hydrogens is 505 g/mol. The largest absolute Gasteiger partial charge is 0.439 e. The van der Waals surface area contributed by atoms with Gasteiger partial charge in [0.2, 0.25) is 5.88 Å². The molecule has 0 radical (unpaired) electrons. The van der Waals surface area contributed by atoms with E-state index in [0.717, 1.165) is 50.1 Å². The Balaban J connectivity index is 1.09. The monoisotopic (exact) mass is 532 g/mol. The summed E-state index contributed by atoms with van der Waals surface area (Å²) in [5.74, 6) is 1.32. The molecule has 200 valence electrons. The highest BCUT2D eigenvalue weighted by molar-refractivity contribution is 5.95. The number of aromatic nitrogens is 2. The number of hydrogen-bond acceptors (Lipinski definition) is 5. The van der Waals surface area contributed by atoms with E-state index < -0.39 is 11.7 Å². The lowest BCUT2D eigenvalue weighted by Crippen LogP contribution is -2.40. The minimum atomic E-state index is -4.45. The first kappa shape index (κ1) is 25.3. The number of carbonyl (C=O) groups is 1. The van der Waals surface area contributed by atoms with Crippen molar-refractivity contribution in [2.24, 2.45) is 11.8 Å². The standard InChI is InChI=1S/C30H27F3N4O2/c31-30(32,33)22-8-13-28(34-15-22)39-23-9-12-25-20(14-23)6-11-27(35-25)29(38)36-26-10-7-21-17-37(18-24(21)26)16-19-4-2-1-3-5-19/h1-6,8-9,11-15,21,24,26H,7,10,16-18H2,(H,36,38)/t21-,24+,26-/m1/s1. The summed E-state index contributed by atoms with van der Waals surface area (Å²) in [5.41, 5.74) is 1.44. The smallest absolute Gasteiger partial charge is 0.417 e. The molecule has 1 N–H and O–H groups in total. The molecule has 3 heterocycles. The van der Waals surface area contributed by atoms with Gasteiger partial charge in [-0.3, -0.25) is 9.69 Å². The highest BCUT2D eigenvalue weighted by atomic mass is 19.4. The minimum absolute atomic E-state index is 0.0513. The number of benzene rings is 2. The number of ether oxygens (including phenoxy) is 1. The van der Waals surface area contributed by atoms with E-state index in [1.165, 1.54) is 11.6 Å². The highest BCUT2D eigenvalue weighted by Crippen LogP contribution is 2.39. The molecule has 1 amide bonds. The first-order valence-electron chi connectivity index (χ1n) is 13.0. The van der Waals surface area contributed by atoms with Crippen LogP contribution in [0, 0.1) is 11.8 Å². The van der Waals surface area contributed by atoms with Gasteiger partial charge in [0.05, 0.1) is 11.1 Å². The van der Waals surface area contributed by atoms with E-state index in [-0.39, 0.29) is 17.8 Å². The van der Waals surface area contributed by atoms with Crippen molar-refractivity contribution >= 4 is 16.8 Å². The molecule has 0 unspecified atom stereocenters. The van der Waals surface area contributed by atoms with Gasteiger partial charge in [-0.2, -0.15) is 13.2 Å². The fraction of sp³-hybridized carbons (Fsp3) is 0.300. The van der Waals surface area contributed by atoms with Gasteiger partial charge < -0.3 is 10.1 Å². The lowest BCUT2D eigenvalue weighted by Gasteiger charge is -2.22. The Morgan fingerprint density at radius 1 is 1.00 bits per heavy atom. The molecule has 2 aliphatic rings. The molecule has 1 saturated heterocycles. The Bertz CT molecular complexity index is 1480. The topological polar surface area (TPSA) is 67.4 Å². The molecule has 9 heteroatoms. The van der Waals surface area contributed by atoms with Gasteiger partial charge in [0.1, 0.15) is 11.4 Å². The van der Waals surface area contributed by atoms with Gasteiger partial charge in [-0.05, 0) is 60.6 Å². The molecule has 6 rings (SSSR count). The fourth-order valence-electron chi connectivity index (χ4n) is 5.77. The maximum atomic E-state index is 13.1. The molecule has 6 nitrogen and oxygen atoms in total. The summed E-state index contributed by atoms with van der Waals surface area (Å²) >= 11 is 0. The second-order valence-corrected chi connectivity index (χ2v) is 10.3. The average molecular weight is 533 g/mol. The Morgan fingerprint density at radius 3 is 2.62 bits per heavy atom. The van der Waals surface area contributed by atoms with Gasteiger partial charge in [0, 0.05) is 43.3 Å². The Labute approximate surface area is 223 Å². The number of nitrogens with one attached hydrogen (secondary N) is 1. The molecule has 1 aliphatic heterocycles. The fourth-order valence-corrected chi connectivity index (χ4v) is 5.77. The number of pyridine rings is 2. The van der Waals surface area contributed by atoms with E-state index in [1.54, 1.807) is 30.3 Å². The van der Waals surface area contributed by atoms with Gasteiger partial charge in [-0.15, -0.1) is 0 Å². The third-order valence-electron chi connectivity index (χ3n) is 7.68. The average Bonchev–Trinajstić information content (AvgIpc) is 3.49. The second kappa shape index (κ2) is 10.3. The number of alkyl halides is 3. The Hall–Kier alpha value is -3.98. The van der Waals surface area contributed by atoms with Gasteiger partial charge in [-0.25, -0.2) is 9.97 Å². The van der Waals surface area contributed by atoms with E-state index in [1.807, 2.05) is 6.07 Å². The summed E-state index contributed by atoms with van der Waals surface area (Å²) in [6, 6.07) is 21.3. The van der Waals surface area contributed by atoms with Crippen molar-refractivity contribution in [3.05, 3.63) is 95.8 Å². The maximum Gasteiger partial charge on any atom is 0.417 e. The van der Waals surface area contributed by atoms with Gasteiger partial charge in [-0.1, -0.05) is 36.4 Å². The second-order valence-electron chi connectivity index (χ2n) is 10.3. The van der Waals surface area contributed by atoms with Crippen LogP contribution in [0.5, 0.6) is 11.6 Å². The number of carbonyl (C=O) groups excluding carboxylic acids is 1. The van der Waals surface area contributed by atoms with Crippen molar-refractivity contribution in [2.45, 2.75) is 31.6 Å². The third kappa shape index (κ3) is 5.59. The van der Waals surface area contributed by atoms with Crippen LogP contribution in [0.2, 0.25) is 0 Å². The van der Waals surface area contributed by atoms with E-state index in [0.29, 0.717) is 28.8 Å². The summed E-state index contributed by atoms with van der Waals surface area (Å²) < 4.78 is 43.9. The summed E-state index contributed by atoms with van der Waals surface area (Å²) in [5, 5.41) is 3.97. The molecule has 1 saturated carbocycles. The van der Waals surface area contributed by atoms with Gasteiger partial charge in [0.25, 0.3) is 5.91 Å². The van der Waals surface area contributed by atoms with E-state index in [9.17, 15) is 18.0 Å². The lowest BCUT2D eigenvalue weighted by molar-refractivity contribution is -0.137. The molecule has 0 bridgehead atoms. The Kier molecular flexibility index (Phi) is 6.68. The predicted molar refractivity (Wildman–Crippen MR) is 140 cm³/mol. The highest BCUT2D eigenvalue weighted by Gasteiger charge is 2.43. The lowest BCUT2D eigenvalue weighted by atomic mass is 9.97. The van der Waals surface area contributed by atoms with Crippen molar-refractivity contribution < 1.29 is 22.7 Å². The van der Waals surface area contributed by atoms with Crippen LogP contribution < -0.4 is 10.1 Å². The van der Waals surface area contributed by atoms with Gasteiger partial charge in [0.15, 0.2) is 0 Å². The molecule has 1 aliphatic carbocycles. The van der Waals surface area contributed by atoms with Crippen molar-refractivity contribution in [1.82, 2.24) is 20.2 Å². The number of nitrogens with zero attached hydrogens (tertiary/aromatic N) is 3. The first-order valence-corrected chi connectivity index (χ1v) is 13.0. The first-order chi connectivity index (χ1) is 18.8. The molecule has 3 atom stereocenters.